The van der Waals surface area contributed by atoms with E-state index in [1.165, 1.54) is 5.56 Å². The Bertz CT molecular complexity index is 782. The summed E-state index contributed by atoms with van der Waals surface area (Å²) in [6, 6.07) is 15.4. The van der Waals surface area contributed by atoms with Gasteiger partial charge in [0.25, 0.3) is 11.8 Å². The van der Waals surface area contributed by atoms with Crippen LogP contribution in [0.1, 0.15) is 65.5 Å². The van der Waals surface area contributed by atoms with Crippen molar-refractivity contribution >= 4 is 11.8 Å². The standard InChI is InChI=1S/C22H26N2O2/c1-22(2,3)18-10-8-16(9-11-18)20(25)23-14-15-4-6-17(7-5-15)21(26)24-19-12-13-19/h4-11,19H,12-14H2,1-3H3,(H,23,25)(H,24,26). The summed E-state index contributed by atoms with van der Waals surface area (Å²) in [7, 11) is 0. The summed E-state index contributed by atoms with van der Waals surface area (Å²) < 4.78 is 0. The minimum Gasteiger partial charge on any atom is -0.349 e. The first-order chi connectivity index (χ1) is 12.3. The van der Waals surface area contributed by atoms with Crippen molar-refractivity contribution in [2.75, 3.05) is 0 Å². The Balaban J connectivity index is 1.54. The van der Waals surface area contributed by atoms with Crippen LogP contribution in [0, 0.1) is 0 Å². The van der Waals surface area contributed by atoms with Gasteiger partial charge in [-0.25, -0.2) is 0 Å². The summed E-state index contributed by atoms with van der Waals surface area (Å²) in [5.74, 6) is -0.122. The Morgan fingerprint density at radius 2 is 1.42 bits per heavy atom. The fourth-order valence-electron chi connectivity index (χ4n) is 2.68. The van der Waals surface area contributed by atoms with E-state index in [-0.39, 0.29) is 17.2 Å². The van der Waals surface area contributed by atoms with Gasteiger partial charge in [-0.15, -0.1) is 0 Å². The van der Waals surface area contributed by atoms with Crippen LogP contribution in [0.5, 0.6) is 0 Å². The molecule has 0 atom stereocenters. The fraction of sp³-hybridized carbons (Fsp3) is 0.364. The van der Waals surface area contributed by atoms with Crippen LogP contribution in [0.3, 0.4) is 0 Å². The SMILES string of the molecule is CC(C)(C)c1ccc(C(=O)NCc2ccc(C(=O)NC3CC3)cc2)cc1. The van der Waals surface area contributed by atoms with Crippen molar-refractivity contribution in [3.8, 4) is 0 Å². The number of benzene rings is 2. The van der Waals surface area contributed by atoms with Crippen LogP contribution in [0.25, 0.3) is 0 Å². The van der Waals surface area contributed by atoms with E-state index >= 15 is 0 Å². The van der Waals surface area contributed by atoms with Gasteiger partial charge < -0.3 is 10.6 Å². The third-order valence-electron chi connectivity index (χ3n) is 4.59. The Morgan fingerprint density at radius 1 is 0.885 bits per heavy atom. The maximum absolute atomic E-state index is 12.3. The van der Waals surface area contributed by atoms with Gasteiger partial charge >= 0.3 is 0 Å². The lowest BCUT2D eigenvalue weighted by Crippen LogP contribution is -2.25. The lowest BCUT2D eigenvalue weighted by atomic mass is 9.87. The number of nitrogens with one attached hydrogen (secondary N) is 2. The summed E-state index contributed by atoms with van der Waals surface area (Å²) >= 11 is 0. The zero-order chi connectivity index (χ0) is 18.7. The summed E-state index contributed by atoms with van der Waals surface area (Å²) in [6.45, 7) is 6.88. The normalized spacial score (nSPS) is 14.0. The second-order valence-electron chi connectivity index (χ2n) is 7.95. The molecule has 136 valence electrons. The molecule has 1 aliphatic carbocycles. The first kappa shape index (κ1) is 18.2. The fourth-order valence-corrected chi connectivity index (χ4v) is 2.68. The lowest BCUT2D eigenvalue weighted by molar-refractivity contribution is 0.0941. The number of rotatable bonds is 5. The van der Waals surface area contributed by atoms with Crippen LogP contribution < -0.4 is 10.6 Å². The van der Waals surface area contributed by atoms with Gasteiger partial charge in [-0.3, -0.25) is 9.59 Å². The van der Waals surface area contributed by atoms with Gasteiger partial charge in [0.2, 0.25) is 0 Å². The molecule has 0 saturated heterocycles. The topological polar surface area (TPSA) is 58.2 Å². The predicted molar refractivity (Wildman–Crippen MR) is 103 cm³/mol. The first-order valence-corrected chi connectivity index (χ1v) is 9.11. The molecule has 2 N–H and O–H groups in total. The average molecular weight is 350 g/mol. The van der Waals surface area contributed by atoms with Crippen molar-refractivity contribution in [2.24, 2.45) is 0 Å². The summed E-state index contributed by atoms with van der Waals surface area (Å²) in [5.41, 5.74) is 3.55. The van der Waals surface area contributed by atoms with Gasteiger partial charge in [-0.1, -0.05) is 45.0 Å². The lowest BCUT2D eigenvalue weighted by Gasteiger charge is -2.19. The maximum Gasteiger partial charge on any atom is 0.251 e. The highest BCUT2D eigenvalue weighted by Gasteiger charge is 2.23. The van der Waals surface area contributed by atoms with Crippen LogP contribution in [-0.2, 0) is 12.0 Å². The summed E-state index contributed by atoms with van der Waals surface area (Å²) in [4.78, 5) is 24.3. The number of hydrogen-bond acceptors (Lipinski definition) is 2. The van der Waals surface area contributed by atoms with E-state index in [4.69, 9.17) is 0 Å². The largest absolute Gasteiger partial charge is 0.349 e. The van der Waals surface area contributed by atoms with Crippen LogP contribution in [0.2, 0.25) is 0 Å². The Morgan fingerprint density at radius 3 is 1.96 bits per heavy atom. The number of amides is 2. The van der Waals surface area contributed by atoms with Crippen molar-refractivity contribution in [3.63, 3.8) is 0 Å². The molecule has 0 aliphatic heterocycles. The van der Waals surface area contributed by atoms with Crippen molar-refractivity contribution in [2.45, 2.75) is 51.6 Å². The van der Waals surface area contributed by atoms with E-state index in [9.17, 15) is 9.59 Å². The van der Waals surface area contributed by atoms with E-state index in [0.717, 1.165) is 18.4 Å². The van der Waals surface area contributed by atoms with Crippen molar-refractivity contribution in [1.29, 1.82) is 0 Å². The molecular formula is C22H26N2O2. The van der Waals surface area contributed by atoms with E-state index in [1.807, 2.05) is 36.4 Å². The van der Waals surface area contributed by atoms with Gasteiger partial charge in [-0.05, 0) is 53.6 Å². The molecule has 1 saturated carbocycles. The molecule has 0 bridgehead atoms. The van der Waals surface area contributed by atoms with Crippen LogP contribution in [0.4, 0.5) is 0 Å². The molecule has 1 aliphatic rings. The minimum absolute atomic E-state index is 0.0259. The predicted octanol–water partition coefficient (Wildman–Crippen LogP) is 3.81. The molecule has 2 amide bonds. The second kappa shape index (κ2) is 7.32. The molecule has 2 aromatic carbocycles. The van der Waals surface area contributed by atoms with Crippen LogP contribution in [-0.4, -0.2) is 17.9 Å². The van der Waals surface area contributed by atoms with Crippen molar-refractivity contribution in [3.05, 3.63) is 70.8 Å². The molecule has 0 spiro atoms. The van der Waals surface area contributed by atoms with E-state index in [0.29, 0.717) is 23.7 Å². The first-order valence-electron chi connectivity index (χ1n) is 9.11. The Hall–Kier alpha value is -2.62. The smallest absolute Gasteiger partial charge is 0.251 e. The highest BCUT2D eigenvalue weighted by Crippen LogP contribution is 2.22. The summed E-state index contributed by atoms with van der Waals surface area (Å²) in [5, 5.41) is 5.89. The molecule has 0 aromatic heterocycles. The van der Waals surface area contributed by atoms with Gasteiger partial charge in [0.05, 0.1) is 0 Å². The second-order valence-corrected chi connectivity index (χ2v) is 7.95. The summed E-state index contributed by atoms with van der Waals surface area (Å²) in [6.07, 6.45) is 2.15. The molecule has 0 radical (unpaired) electrons. The van der Waals surface area contributed by atoms with Crippen LogP contribution >= 0.6 is 0 Å². The van der Waals surface area contributed by atoms with E-state index in [1.54, 1.807) is 12.1 Å². The third-order valence-corrected chi connectivity index (χ3v) is 4.59. The Labute approximate surface area is 155 Å². The highest BCUT2D eigenvalue weighted by atomic mass is 16.2. The van der Waals surface area contributed by atoms with Gasteiger partial charge in [0.15, 0.2) is 0 Å². The van der Waals surface area contributed by atoms with Crippen LogP contribution in [0.15, 0.2) is 48.5 Å². The monoisotopic (exact) mass is 350 g/mol. The van der Waals surface area contributed by atoms with Crippen molar-refractivity contribution < 1.29 is 9.59 Å². The third kappa shape index (κ3) is 4.72. The molecular weight excluding hydrogens is 324 g/mol. The van der Waals surface area contributed by atoms with E-state index < -0.39 is 0 Å². The highest BCUT2D eigenvalue weighted by molar-refractivity contribution is 5.95. The van der Waals surface area contributed by atoms with Gasteiger partial charge in [-0.2, -0.15) is 0 Å². The molecule has 4 heteroatoms. The minimum atomic E-state index is -0.0963. The molecule has 26 heavy (non-hydrogen) atoms. The van der Waals surface area contributed by atoms with Crippen molar-refractivity contribution in [1.82, 2.24) is 10.6 Å². The van der Waals surface area contributed by atoms with E-state index in [2.05, 4.69) is 31.4 Å². The zero-order valence-electron chi connectivity index (χ0n) is 15.6. The number of hydrogen-bond donors (Lipinski definition) is 2. The number of carbonyl (C=O) groups is 2. The molecule has 2 aromatic rings. The molecule has 1 fully saturated rings. The quantitative estimate of drug-likeness (QED) is 0.861. The maximum atomic E-state index is 12.3. The average Bonchev–Trinajstić information content (AvgIpc) is 3.43. The molecule has 0 unspecified atom stereocenters. The zero-order valence-corrected chi connectivity index (χ0v) is 15.6. The molecule has 0 heterocycles. The van der Waals surface area contributed by atoms with Gasteiger partial charge in [0.1, 0.15) is 0 Å². The molecule has 4 nitrogen and oxygen atoms in total. The molecule has 3 rings (SSSR count). The number of carbonyl (C=O) groups excluding carboxylic acids is 2. The van der Waals surface area contributed by atoms with Gasteiger partial charge in [0, 0.05) is 23.7 Å². The Kier molecular flexibility index (Phi) is 5.12.